The fourth-order valence-electron chi connectivity index (χ4n) is 1.21. The van der Waals surface area contributed by atoms with Gasteiger partial charge in [-0.3, -0.25) is 14.4 Å². The van der Waals surface area contributed by atoms with Gasteiger partial charge in [0.05, 0.1) is 0 Å². The Labute approximate surface area is 87.6 Å². The lowest BCUT2D eigenvalue weighted by atomic mass is 9.92. The SMILES string of the molecule is CC(=O)OCC1=CC(=O)C(C)=C(C)C1=O. The fraction of sp³-hybridized carbons (Fsp3) is 0.364. The van der Waals surface area contributed by atoms with Gasteiger partial charge in [0, 0.05) is 23.6 Å². The molecule has 0 amide bonds. The maximum Gasteiger partial charge on any atom is 0.302 e. The summed E-state index contributed by atoms with van der Waals surface area (Å²) >= 11 is 0. The van der Waals surface area contributed by atoms with Gasteiger partial charge in [0.1, 0.15) is 6.61 Å². The van der Waals surface area contributed by atoms with Crippen LogP contribution in [0.2, 0.25) is 0 Å². The highest BCUT2D eigenvalue weighted by Crippen LogP contribution is 2.18. The average Bonchev–Trinajstić information content (AvgIpc) is 2.18. The van der Waals surface area contributed by atoms with E-state index in [1.807, 2.05) is 0 Å². The van der Waals surface area contributed by atoms with Crippen molar-refractivity contribution in [2.24, 2.45) is 0 Å². The number of esters is 1. The van der Waals surface area contributed by atoms with Crippen LogP contribution >= 0.6 is 0 Å². The number of rotatable bonds is 2. The molecule has 0 heterocycles. The van der Waals surface area contributed by atoms with E-state index in [0.29, 0.717) is 11.1 Å². The highest BCUT2D eigenvalue weighted by Gasteiger charge is 2.23. The maximum atomic E-state index is 11.6. The van der Waals surface area contributed by atoms with Crippen LogP contribution in [0.3, 0.4) is 0 Å². The zero-order chi connectivity index (χ0) is 11.6. The molecule has 0 saturated heterocycles. The van der Waals surface area contributed by atoms with Crippen molar-refractivity contribution in [1.82, 2.24) is 0 Å². The molecule has 1 aliphatic rings. The molecule has 80 valence electrons. The number of hydrogen-bond donors (Lipinski definition) is 0. The van der Waals surface area contributed by atoms with Crippen molar-refractivity contribution in [2.75, 3.05) is 6.61 Å². The third-order valence-corrected chi connectivity index (χ3v) is 2.30. The maximum absolute atomic E-state index is 11.6. The second-order valence-corrected chi connectivity index (χ2v) is 3.39. The number of carbonyl (C=O) groups excluding carboxylic acids is 3. The topological polar surface area (TPSA) is 60.4 Å². The average molecular weight is 208 g/mol. The highest BCUT2D eigenvalue weighted by atomic mass is 16.5. The van der Waals surface area contributed by atoms with Crippen molar-refractivity contribution in [3.05, 3.63) is 22.8 Å². The van der Waals surface area contributed by atoms with Gasteiger partial charge in [-0.1, -0.05) is 0 Å². The molecule has 4 nitrogen and oxygen atoms in total. The quantitative estimate of drug-likeness (QED) is 0.501. The molecule has 1 rings (SSSR count). The lowest BCUT2D eigenvalue weighted by Crippen LogP contribution is -2.20. The number of allylic oxidation sites excluding steroid dienone is 3. The monoisotopic (exact) mass is 208 g/mol. The first-order valence-electron chi connectivity index (χ1n) is 4.54. The van der Waals surface area contributed by atoms with Gasteiger partial charge in [-0.15, -0.1) is 0 Å². The Bertz CT molecular complexity index is 399. The summed E-state index contributed by atoms with van der Waals surface area (Å²) in [5.74, 6) is -0.900. The summed E-state index contributed by atoms with van der Waals surface area (Å²) in [6.45, 7) is 4.32. The molecule has 0 aliphatic heterocycles. The summed E-state index contributed by atoms with van der Waals surface area (Å²) in [7, 11) is 0. The van der Waals surface area contributed by atoms with Crippen molar-refractivity contribution >= 4 is 17.5 Å². The Morgan fingerprint density at radius 2 is 1.87 bits per heavy atom. The smallest absolute Gasteiger partial charge is 0.302 e. The minimum atomic E-state index is -0.472. The molecule has 0 aromatic rings. The van der Waals surface area contributed by atoms with Gasteiger partial charge in [0.25, 0.3) is 0 Å². The lowest BCUT2D eigenvalue weighted by Gasteiger charge is -2.13. The van der Waals surface area contributed by atoms with Crippen LogP contribution in [0, 0.1) is 0 Å². The van der Waals surface area contributed by atoms with Crippen molar-refractivity contribution < 1.29 is 19.1 Å². The van der Waals surface area contributed by atoms with Crippen LogP contribution < -0.4 is 0 Å². The largest absolute Gasteiger partial charge is 0.461 e. The molecule has 0 unspecified atom stereocenters. The minimum Gasteiger partial charge on any atom is -0.461 e. The normalized spacial score (nSPS) is 16.6. The summed E-state index contributed by atoms with van der Waals surface area (Å²) in [5, 5.41) is 0. The van der Waals surface area contributed by atoms with Crippen LogP contribution in [0.1, 0.15) is 20.8 Å². The molecule has 0 N–H and O–H groups in total. The zero-order valence-electron chi connectivity index (χ0n) is 8.92. The Morgan fingerprint density at radius 1 is 1.27 bits per heavy atom. The molecule has 0 spiro atoms. The van der Waals surface area contributed by atoms with Crippen LogP contribution in [0.15, 0.2) is 22.8 Å². The predicted octanol–water partition coefficient (Wildman–Crippen LogP) is 0.964. The summed E-state index contributed by atoms with van der Waals surface area (Å²) in [6.07, 6.45) is 1.23. The first-order valence-corrected chi connectivity index (χ1v) is 4.54. The lowest BCUT2D eigenvalue weighted by molar-refractivity contribution is -0.140. The second kappa shape index (κ2) is 4.21. The minimum absolute atomic E-state index is 0.134. The fourth-order valence-corrected chi connectivity index (χ4v) is 1.21. The summed E-state index contributed by atoms with van der Waals surface area (Å²) in [6, 6.07) is 0. The van der Waals surface area contributed by atoms with Crippen molar-refractivity contribution in [3.8, 4) is 0 Å². The molecule has 1 aliphatic carbocycles. The van der Waals surface area contributed by atoms with Gasteiger partial charge in [-0.05, 0) is 19.9 Å². The predicted molar refractivity (Wildman–Crippen MR) is 53.1 cm³/mol. The molecule has 0 bridgehead atoms. The number of carbonyl (C=O) groups is 3. The summed E-state index contributed by atoms with van der Waals surface area (Å²) in [5.41, 5.74) is 1.11. The summed E-state index contributed by atoms with van der Waals surface area (Å²) in [4.78, 5) is 33.6. The van der Waals surface area contributed by atoms with Crippen molar-refractivity contribution in [2.45, 2.75) is 20.8 Å². The van der Waals surface area contributed by atoms with E-state index in [1.165, 1.54) is 13.0 Å². The molecule has 15 heavy (non-hydrogen) atoms. The third-order valence-electron chi connectivity index (χ3n) is 2.30. The van der Waals surface area contributed by atoms with Gasteiger partial charge < -0.3 is 4.74 Å². The second-order valence-electron chi connectivity index (χ2n) is 3.39. The third kappa shape index (κ3) is 2.40. The van der Waals surface area contributed by atoms with Crippen LogP contribution in [0.25, 0.3) is 0 Å². The Morgan fingerprint density at radius 3 is 2.40 bits per heavy atom. The zero-order valence-corrected chi connectivity index (χ0v) is 8.92. The molecule has 0 aromatic heterocycles. The molecule has 0 atom stereocenters. The molecule has 0 radical (unpaired) electrons. The van der Waals surface area contributed by atoms with Crippen LogP contribution in [-0.2, 0) is 19.1 Å². The van der Waals surface area contributed by atoms with E-state index in [9.17, 15) is 14.4 Å². The van der Waals surface area contributed by atoms with Crippen LogP contribution in [0.4, 0.5) is 0 Å². The Balaban J connectivity index is 2.85. The first kappa shape index (κ1) is 11.4. The van der Waals surface area contributed by atoms with E-state index in [2.05, 4.69) is 4.74 Å². The van der Waals surface area contributed by atoms with Gasteiger partial charge in [0.15, 0.2) is 11.6 Å². The van der Waals surface area contributed by atoms with E-state index < -0.39 is 5.97 Å². The Kier molecular flexibility index (Phi) is 3.19. The van der Waals surface area contributed by atoms with E-state index in [-0.39, 0.29) is 23.7 Å². The van der Waals surface area contributed by atoms with Gasteiger partial charge in [-0.2, -0.15) is 0 Å². The van der Waals surface area contributed by atoms with E-state index in [4.69, 9.17) is 0 Å². The number of ether oxygens (including phenoxy) is 1. The molecule has 0 saturated carbocycles. The van der Waals surface area contributed by atoms with Gasteiger partial charge >= 0.3 is 5.97 Å². The molecule has 0 aromatic carbocycles. The van der Waals surface area contributed by atoms with E-state index in [0.717, 1.165) is 0 Å². The van der Waals surface area contributed by atoms with Crippen molar-refractivity contribution in [1.29, 1.82) is 0 Å². The Hall–Kier alpha value is -1.71. The molecule has 4 heteroatoms. The standard InChI is InChI=1S/C11H12O4/c1-6-7(2)11(14)9(4-10(6)13)5-15-8(3)12/h4H,5H2,1-3H3. The molecular formula is C11H12O4. The van der Waals surface area contributed by atoms with Crippen LogP contribution in [-0.4, -0.2) is 24.1 Å². The van der Waals surface area contributed by atoms with Gasteiger partial charge in [0.2, 0.25) is 0 Å². The highest BCUT2D eigenvalue weighted by molar-refractivity contribution is 6.22. The number of hydrogen-bond acceptors (Lipinski definition) is 4. The number of ketones is 2. The molecule has 0 fully saturated rings. The van der Waals surface area contributed by atoms with Gasteiger partial charge in [-0.25, -0.2) is 0 Å². The van der Waals surface area contributed by atoms with E-state index in [1.54, 1.807) is 13.8 Å². The molecular weight excluding hydrogens is 196 g/mol. The summed E-state index contributed by atoms with van der Waals surface area (Å²) < 4.78 is 4.68. The van der Waals surface area contributed by atoms with Crippen molar-refractivity contribution in [3.63, 3.8) is 0 Å². The number of Topliss-reactive ketones (excluding diaryl/α,β-unsaturated/α-hetero) is 1. The van der Waals surface area contributed by atoms with Crippen LogP contribution in [0.5, 0.6) is 0 Å². The van der Waals surface area contributed by atoms with E-state index >= 15 is 0 Å². The first-order chi connectivity index (χ1) is 6.93.